The predicted octanol–water partition coefficient (Wildman–Crippen LogP) is 2.64. The Morgan fingerprint density at radius 2 is 1.61 bits per heavy atom. The standard InChI is InChI=1S/C18H24O5/c1-17(20-3)18(2,21-4)23-16-14(12-8-6-5-7-9-12)10-13(19)11-15(16)22-17/h5-9,14-16H,10-11H2,1-4H3/t14-,15-,16-,17+,18+/m1/s1. The Kier molecular flexibility index (Phi) is 4.31. The molecule has 1 aliphatic carbocycles. The molecule has 0 amide bonds. The molecule has 1 aromatic carbocycles. The summed E-state index contributed by atoms with van der Waals surface area (Å²) < 4.78 is 23.6. The first-order chi connectivity index (χ1) is 10.9. The summed E-state index contributed by atoms with van der Waals surface area (Å²) in [5.41, 5.74) is 1.08. The van der Waals surface area contributed by atoms with Gasteiger partial charge in [-0.1, -0.05) is 30.3 Å². The van der Waals surface area contributed by atoms with E-state index >= 15 is 0 Å². The first-order valence-corrected chi connectivity index (χ1v) is 7.95. The van der Waals surface area contributed by atoms with E-state index in [1.807, 2.05) is 37.3 Å². The number of methoxy groups -OCH3 is 2. The average molecular weight is 320 g/mol. The zero-order valence-electron chi connectivity index (χ0n) is 14.1. The second kappa shape index (κ2) is 5.98. The normalized spacial score (nSPS) is 40.7. The summed E-state index contributed by atoms with van der Waals surface area (Å²) in [6.07, 6.45) is 0.211. The van der Waals surface area contributed by atoms with Gasteiger partial charge in [0.25, 0.3) is 0 Å². The lowest BCUT2D eigenvalue weighted by Crippen LogP contribution is -2.67. The summed E-state index contributed by atoms with van der Waals surface area (Å²) in [6, 6.07) is 9.96. The maximum absolute atomic E-state index is 12.2. The van der Waals surface area contributed by atoms with Crippen LogP contribution in [0.2, 0.25) is 0 Å². The molecule has 0 unspecified atom stereocenters. The van der Waals surface area contributed by atoms with Gasteiger partial charge in [-0.3, -0.25) is 4.79 Å². The van der Waals surface area contributed by atoms with Crippen molar-refractivity contribution in [1.29, 1.82) is 0 Å². The molecule has 2 aliphatic rings. The van der Waals surface area contributed by atoms with Gasteiger partial charge in [-0.15, -0.1) is 0 Å². The summed E-state index contributed by atoms with van der Waals surface area (Å²) in [5, 5.41) is 0. The van der Waals surface area contributed by atoms with E-state index in [0.717, 1.165) is 5.56 Å². The van der Waals surface area contributed by atoms with E-state index in [1.165, 1.54) is 0 Å². The van der Waals surface area contributed by atoms with Crippen molar-refractivity contribution in [3.05, 3.63) is 35.9 Å². The van der Waals surface area contributed by atoms with Crippen LogP contribution in [0.25, 0.3) is 0 Å². The fourth-order valence-corrected chi connectivity index (χ4v) is 3.55. The van der Waals surface area contributed by atoms with E-state index < -0.39 is 11.6 Å². The Morgan fingerprint density at radius 1 is 1.00 bits per heavy atom. The fraction of sp³-hybridized carbons (Fsp3) is 0.611. The van der Waals surface area contributed by atoms with Crippen molar-refractivity contribution in [2.75, 3.05) is 14.2 Å². The molecule has 0 N–H and O–H groups in total. The van der Waals surface area contributed by atoms with Crippen LogP contribution in [0.4, 0.5) is 0 Å². The van der Waals surface area contributed by atoms with Crippen molar-refractivity contribution in [3.63, 3.8) is 0 Å². The van der Waals surface area contributed by atoms with Gasteiger partial charge in [-0.2, -0.15) is 0 Å². The van der Waals surface area contributed by atoms with E-state index in [-0.39, 0.29) is 23.9 Å². The molecule has 23 heavy (non-hydrogen) atoms. The third-order valence-corrected chi connectivity index (χ3v) is 5.21. The van der Waals surface area contributed by atoms with Gasteiger partial charge < -0.3 is 18.9 Å². The van der Waals surface area contributed by atoms with Crippen LogP contribution >= 0.6 is 0 Å². The molecule has 5 atom stereocenters. The highest BCUT2D eigenvalue weighted by molar-refractivity contribution is 5.81. The molecule has 0 spiro atoms. The number of hydrogen-bond donors (Lipinski definition) is 0. The molecule has 1 aromatic rings. The van der Waals surface area contributed by atoms with Crippen molar-refractivity contribution in [3.8, 4) is 0 Å². The molecule has 0 aromatic heterocycles. The summed E-state index contributed by atoms with van der Waals surface area (Å²) in [5.74, 6) is -1.97. The Bertz CT molecular complexity index is 574. The highest BCUT2D eigenvalue weighted by Gasteiger charge is 2.59. The molecule has 2 fully saturated rings. The Hall–Kier alpha value is -1.27. The van der Waals surface area contributed by atoms with Gasteiger partial charge in [-0.05, 0) is 19.4 Å². The smallest absolute Gasteiger partial charge is 0.220 e. The van der Waals surface area contributed by atoms with Gasteiger partial charge in [0.15, 0.2) is 0 Å². The zero-order chi connectivity index (χ0) is 16.7. The van der Waals surface area contributed by atoms with Crippen molar-refractivity contribution in [2.24, 2.45) is 0 Å². The molecule has 5 heteroatoms. The highest BCUT2D eigenvalue weighted by Crippen LogP contribution is 2.46. The van der Waals surface area contributed by atoms with Crippen LogP contribution < -0.4 is 0 Å². The number of carbonyl (C=O) groups excluding carboxylic acids is 1. The quantitative estimate of drug-likeness (QED) is 0.857. The zero-order valence-corrected chi connectivity index (χ0v) is 14.1. The molecular formula is C18H24O5. The van der Waals surface area contributed by atoms with Crippen LogP contribution in [0.15, 0.2) is 30.3 Å². The van der Waals surface area contributed by atoms with Gasteiger partial charge in [-0.25, -0.2) is 0 Å². The number of ketones is 1. The minimum Gasteiger partial charge on any atom is -0.349 e. The minimum absolute atomic E-state index is 0.0432. The van der Waals surface area contributed by atoms with Crippen LogP contribution in [0.5, 0.6) is 0 Å². The number of ether oxygens (including phenoxy) is 4. The maximum Gasteiger partial charge on any atom is 0.220 e. The first kappa shape index (κ1) is 16.6. The lowest BCUT2D eigenvalue weighted by Gasteiger charge is -2.54. The van der Waals surface area contributed by atoms with Crippen molar-refractivity contribution >= 4 is 5.78 Å². The Balaban J connectivity index is 1.96. The topological polar surface area (TPSA) is 54.0 Å². The van der Waals surface area contributed by atoms with E-state index in [9.17, 15) is 4.79 Å². The SMILES string of the molecule is CO[C@@]1(C)O[C@@H]2[C@@H](c3ccccc3)CC(=O)C[C@H]2O[C@]1(C)OC. The van der Waals surface area contributed by atoms with Crippen LogP contribution in [0.3, 0.4) is 0 Å². The number of Topliss-reactive ketones (excluding diaryl/α,β-unsaturated/α-hetero) is 1. The Morgan fingerprint density at radius 3 is 2.22 bits per heavy atom. The second-order valence-electron chi connectivity index (χ2n) is 6.50. The van der Waals surface area contributed by atoms with Crippen LogP contribution in [0.1, 0.15) is 38.2 Å². The molecule has 1 saturated carbocycles. The van der Waals surface area contributed by atoms with Crippen LogP contribution in [-0.2, 0) is 23.7 Å². The van der Waals surface area contributed by atoms with Gasteiger partial charge >= 0.3 is 0 Å². The van der Waals surface area contributed by atoms with Gasteiger partial charge in [0.1, 0.15) is 5.78 Å². The van der Waals surface area contributed by atoms with E-state index in [1.54, 1.807) is 21.1 Å². The number of carbonyl (C=O) groups is 1. The van der Waals surface area contributed by atoms with Gasteiger partial charge in [0, 0.05) is 33.0 Å². The minimum atomic E-state index is -1.07. The first-order valence-electron chi connectivity index (χ1n) is 7.95. The summed E-state index contributed by atoms with van der Waals surface area (Å²) in [7, 11) is 3.13. The van der Waals surface area contributed by atoms with Gasteiger partial charge in [0.2, 0.25) is 11.6 Å². The fourth-order valence-electron chi connectivity index (χ4n) is 3.55. The predicted molar refractivity (Wildman–Crippen MR) is 84.0 cm³/mol. The molecule has 1 heterocycles. The van der Waals surface area contributed by atoms with Crippen LogP contribution in [0, 0.1) is 0 Å². The number of rotatable bonds is 3. The third kappa shape index (κ3) is 2.72. The monoisotopic (exact) mass is 320 g/mol. The molecule has 5 nitrogen and oxygen atoms in total. The highest BCUT2D eigenvalue weighted by atomic mass is 16.8. The number of fused-ring (bicyclic) bond motifs is 1. The summed E-state index contributed by atoms with van der Waals surface area (Å²) >= 11 is 0. The summed E-state index contributed by atoms with van der Waals surface area (Å²) in [4.78, 5) is 12.2. The number of benzene rings is 1. The third-order valence-electron chi connectivity index (χ3n) is 5.21. The van der Waals surface area contributed by atoms with Crippen molar-refractivity contribution < 1.29 is 23.7 Å². The van der Waals surface area contributed by atoms with E-state index in [0.29, 0.717) is 12.8 Å². The lowest BCUT2D eigenvalue weighted by molar-refractivity contribution is -0.450. The lowest BCUT2D eigenvalue weighted by atomic mass is 9.78. The Labute approximate surface area is 136 Å². The molecule has 1 saturated heterocycles. The summed E-state index contributed by atoms with van der Waals surface area (Å²) in [6.45, 7) is 3.59. The molecule has 1 aliphatic heterocycles. The number of hydrogen-bond acceptors (Lipinski definition) is 5. The molecular weight excluding hydrogens is 296 g/mol. The molecule has 0 radical (unpaired) electrons. The van der Waals surface area contributed by atoms with E-state index in [4.69, 9.17) is 18.9 Å². The largest absolute Gasteiger partial charge is 0.349 e. The maximum atomic E-state index is 12.2. The molecule has 126 valence electrons. The molecule has 3 rings (SSSR count). The van der Waals surface area contributed by atoms with Crippen LogP contribution in [-0.4, -0.2) is 43.8 Å². The van der Waals surface area contributed by atoms with Crippen molar-refractivity contribution in [2.45, 2.75) is 56.4 Å². The molecule has 0 bridgehead atoms. The average Bonchev–Trinajstić information content (AvgIpc) is 2.56. The van der Waals surface area contributed by atoms with Gasteiger partial charge in [0.05, 0.1) is 12.2 Å². The second-order valence-corrected chi connectivity index (χ2v) is 6.50. The van der Waals surface area contributed by atoms with Crippen molar-refractivity contribution in [1.82, 2.24) is 0 Å². The van der Waals surface area contributed by atoms with E-state index in [2.05, 4.69) is 0 Å².